The van der Waals surface area contributed by atoms with Crippen LogP contribution in [0.4, 0.5) is 0 Å². The van der Waals surface area contributed by atoms with Gasteiger partial charge in [-0.3, -0.25) is 14.4 Å². The predicted molar refractivity (Wildman–Crippen MR) is 122 cm³/mol. The van der Waals surface area contributed by atoms with E-state index in [0.29, 0.717) is 13.0 Å². The van der Waals surface area contributed by atoms with Crippen molar-refractivity contribution in [3.63, 3.8) is 0 Å². The first-order valence-electron chi connectivity index (χ1n) is 13.3. The summed E-state index contributed by atoms with van der Waals surface area (Å²) in [6, 6.07) is 0. The van der Waals surface area contributed by atoms with Crippen LogP contribution in [0.2, 0.25) is 0 Å². The Hall–Kier alpha value is -1.73. The molecule has 0 radical (unpaired) electrons. The molecule has 5 aliphatic heterocycles. The molecule has 5 fully saturated rings. The van der Waals surface area contributed by atoms with Crippen molar-refractivity contribution in [1.29, 1.82) is 0 Å². The number of aliphatic hydroxyl groups is 3. The Balaban J connectivity index is 1.40. The average molecular weight is 523 g/mol. The van der Waals surface area contributed by atoms with Crippen molar-refractivity contribution in [2.45, 2.75) is 101 Å². The second-order valence-corrected chi connectivity index (χ2v) is 11.3. The number of Topliss-reactive ketones (excluding diaryl/α,β-unsaturated/α-hetero) is 2. The van der Waals surface area contributed by atoms with E-state index in [0.717, 1.165) is 12.8 Å². The maximum Gasteiger partial charge on any atom is 0.309 e. The third-order valence-electron chi connectivity index (χ3n) is 9.38. The summed E-state index contributed by atoms with van der Waals surface area (Å²) < 4.78 is 29.1. The zero-order chi connectivity index (χ0) is 26.2. The number of hydrogen-bond acceptors (Lipinski definition) is 11. The third-order valence-corrected chi connectivity index (χ3v) is 9.38. The van der Waals surface area contributed by atoms with Gasteiger partial charge in [-0.1, -0.05) is 6.92 Å². The Kier molecular flexibility index (Phi) is 6.34. The lowest BCUT2D eigenvalue weighted by atomic mass is 9.64. The lowest BCUT2D eigenvalue weighted by Crippen LogP contribution is -2.65. The highest BCUT2D eigenvalue weighted by Crippen LogP contribution is 2.49. The first-order chi connectivity index (χ1) is 17.6. The molecule has 2 bridgehead atoms. The van der Waals surface area contributed by atoms with Gasteiger partial charge in [-0.15, -0.1) is 0 Å². The summed E-state index contributed by atoms with van der Waals surface area (Å²) in [5.41, 5.74) is -1.63. The number of ether oxygens (including phenoxy) is 5. The van der Waals surface area contributed by atoms with Crippen LogP contribution in [0.15, 0.2) is 11.1 Å². The number of fused-ring (bicyclic) bond motifs is 5. The number of aliphatic hydroxyl groups excluding tert-OH is 2. The molecule has 0 spiro atoms. The van der Waals surface area contributed by atoms with E-state index in [9.17, 15) is 29.7 Å². The number of carbonyl (C=O) groups excluding carboxylic acids is 3. The van der Waals surface area contributed by atoms with Gasteiger partial charge in [0, 0.05) is 30.1 Å². The Morgan fingerprint density at radius 3 is 2.46 bits per heavy atom. The molecule has 12 atom stereocenters. The van der Waals surface area contributed by atoms with E-state index >= 15 is 0 Å². The number of rotatable bonds is 2. The summed E-state index contributed by atoms with van der Waals surface area (Å²) in [7, 11) is 0. The standard InChI is InChI=1S/C26H34O11/c1-10-21(28)19-20(24(31)18-12(22(19)29)9-34-14-8-16(27)37-25(14)18)23(30)13-7-15(26(10,32)11(2)35-13)36-17-5-3-4-6-33-17/h10-11,13-15,17,19-21,23,25,28,30,32H,3-9H2,1-2H3/t10?,11?,13?,14-,15?,17?,19?,20?,21?,23?,25?,26?/m0/s1. The maximum absolute atomic E-state index is 14.0. The van der Waals surface area contributed by atoms with E-state index in [4.69, 9.17) is 23.7 Å². The van der Waals surface area contributed by atoms with Crippen LogP contribution in [0.3, 0.4) is 0 Å². The zero-order valence-corrected chi connectivity index (χ0v) is 20.9. The van der Waals surface area contributed by atoms with Crippen LogP contribution in [-0.2, 0) is 38.1 Å². The molecule has 1 saturated carbocycles. The number of ketones is 2. The molecular weight excluding hydrogens is 488 g/mol. The summed E-state index contributed by atoms with van der Waals surface area (Å²) in [6.45, 7) is 3.58. The smallest absolute Gasteiger partial charge is 0.309 e. The molecule has 5 heterocycles. The lowest BCUT2D eigenvalue weighted by Gasteiger charge is -2.51. The lowest BCUT2D eigenvalue weighted by molar-refractivity contribution is -0.305. The average Bonchev–Trinajstić information content (AvgIpc) is 3.28. The van der Waals surface area contributed by atoms with Crippen molar-refractivity contribution in [3.05, 3.63) is 11.1 Å². The van der Waals surface area contributed by atoms with Crippen LogP contribution in [0.1, 0.15) is 46.0 Å². The largest absolute Gasteiger partial charge is 0.454 e. The highest BCUT2D eigenvalue weighted by atomic mass is 16.7. The van der Waals surface area contributed by atoms with Crippen molar-refractivity contribution in [3.8, 4) is 0 Å². The molecule has 3 N–H and O–H groups in total. The van der Waals surface area contributed by atoms with Crippen LogP contribution in [0.5, 0.6) is 0 Å². The fraction of sp³-hybridized carbons (Fsp3) is 0.808. The van der Waals surface area contributed by atoms with Gasteiger partial charge in [-0.25, -0.2) is 0 Å². The molecule has 7 rings (SSSR count). The molecule has 11 unspecified atom stereocenters. The summed E-state index contributed by atoms with van der Waals surface area (Å²) in [6.07, 6.45) is -5.46. The SMILES string of the molecule is CC1OC2CC(OC3CCCCO3)C1(O)C(C)C(O)C1C(=O)C3=C(C(=O)C1C2O)C1OC(=O)C[C@@H]1OC3. The number of esters is 1. The van der Waals surface area contributed by atoms with Crippen molar-refractivity contribution >= 4 is 17.5 Å². The summed E-state index contributed by atoms with van der Waals surface area (Å²) in [4.78, 5) is 39.8. The minimum Gasteiger partial charge on any atom is -0.454 e. The zero-order valence-electron chi connectivity index (χ0n) is 20.9. The van der Waals surface area contributed by atoms with Crippen molar-refractivity contribution in [2.75, 3.05) is 13.2 Å². The van der Waals surface area contributed by atoms with Gasteiger partial charge in [0.2, 0.25) is 0 Å². The second kappa shape index (κ2) is 9.18. The van der Waals surface area contributed by atoms with Crippen LogP contribution in [-0.4, -0.2) is 101 Å². The monoisotopic (exact) mass is 522 g/mol. The van der Waals surface area contributed by atoms with Crippen LogP contribution in [0.25, 0.3) is 0 Å². The number of hydrogen-bond donors (Lipinski definition) is 3. The second-order valence-electron chi connectivity index (χ2n) is 11.3. The Morgan fingerprint density at radius 1 is 0.973 bits per heavy atom. The van der Waals surface area contributed by atoms with E-state index in [1.54, 1.807) is 13.8 Å². The Labute approximate surface area is 214 Å². The normalized spacial score (nSPS) is 50.0. The van der Waals surface area contributed by atoms with E-state index in [2.05, 4.69) is 0 Å². The fourth-order valence-electron chi connectivity index (χ4n) is 7.26. The van der Waals surface area contributed by atoms with Gasteiger partial charge in [0.1, 0.15) is 11.7 Å². The Bertz CT molecular complexity index is 1020. The van der Waals surface area contributed by atoms with E-state index < -0.39 is 89.9 Å². The topological polar surface area (TPSA) is 158 Å². The molecule has 11 heteroatoms. The third kappa shape index (κ3) is 3.77. The van der Waals surface area contributed by atoms with Crippen molar-refractivity contribution < 1.29 is 53.4 Å². The van der Waals surface area contributed by atoms with E-state index in [-0.39, 0.29) is 30.6 Å². The van der Waals surface area contributed by atoms with Crippen LogP contribution >= 0.6 is 0 Å². The van der Waals surface area contributed by atoms with Gasteiger partial charge in [0.05, 0.1) is 55.4 Å². The predicted octanol–water partition coefficient (Wildman–Crippen LogP) is -0.427. The molecule has 11 nitrogen and oxygen atoms in total. The molecule has 4 saturated heterocycles. The van der Waals surface area contributed by atoms with Crippen LogP contribution < -0.4 is 0 Å². The quantitative estimate of drug-likeness (QED) is 0.404. The molecule has 37 heavy (non-hydrogen) atoms. The summed E-state index contributed by atoms with van der Waals surface area (Å²) in [5, 5.41) is 35.2. The van der Waals surface area contributed by atoms with Gasteiger partial charge in [-0.05, 0) is 26.2 Å². The van der Waals surface area contributed by atoms with Crippen molar-refractivity contribution in [1.82, 2.24) is 0 Å². The highest BCUT2D eigenvalue weighted by Gasteiger charge is 2.64. The minimum absolute atomic E-state index is 0.0300. The van der Waals surface area contributed by atoms with Gasteiger partial charge in [0.15, 0.2) is 24.0 Å². The molecule has 0 aromatic heterocycles. The molecule has 204 valence electrons. The maximum atomic E-state index is 14.0. The Morgan fingerprint density at radius 2 is 1.73 bits per heavy atom. The molecule has 0 aromatic carbocycles. The van der Waals surface area contributed by atoms with Crippen LogP contribution in [0, 0.1) is 17.8 Å². The van der Waals surface area contributed by atoms with Gasteiger partial charge in [0.25, 0.3) is 0 Å². The molecule has 7 aliphatic rings. The fourth-order valence-corrected chi connectivity index (χ4v) is 7.26. The van der Waals surface area contributed by atoms with Gasteiger partial charge in [-0.2, -0.15) is 0 Å². The number of carbonyl (C=O) groups is 3. The van der Waals surface area contributed by atoms with Crippen molar-refractivity contribution in [2.24, 2.45) is 17.8 Å². The summed E-state index contributed by atoms with van der Waals surface area (Å²) in [5.74, 6) is -5.28. The minimum atomic E-state index is -1.72. The van der Waals surface area contributed by atoms with E-state index in [1.165, 1.54) is 0 Å². The summed E-state index contributed by atoms with van der Waals surface area (Å²) >= 11 is 0. The first-order valence-corrected chi connectivity index (χ1v) is 13.3. The molecular formula is C26H34O11. The molecule has 0 amide bonds. The van der Waals surface area contributed by atoms with E-state index in [1.807, 2.05) is 0 Å². The molecule has 0 aromatic rings. The van der Waals surface area contributed by atoms with Gasteiger partial charge >= 0.3 is 5.97 Å². The highest BCUT2D eigenvalue weighted by molar-refractivity contribution is 6.15. The molecule has 2 aliphatic carbocycles. The first kappa shape index (κ1) is 25.5. The van der Waals surface area contributed by atoms with Gasteiger partial charge < -0.3 is 39.0 Å².